The van der Waals surface area contributed by atoms with Gasteiger partial charge in [-0.05, 0) is 61.7 Å². The zero-order valence-electron chi connectivity index (χ0n) is 12.1. The summed E-state index contributed by atoms with van der Waals surface area (Å²) < 4.78 is 0. The summed E-state index contributed by atoms with van der Waals surface area (Å²) in [6.45, 7) is 2.47. The van der Waals surface area contributed by atoms with E-state index in [-0.39, 0.29) is 0 Å². The fourth-order valence-electron chi connectivity index (χ4n) is 5.00. The average Bonchev–Trinajstić information content (AvgIpc) is 2.78. The van der Waals surface area contributed by atoms with Crippen LogP contribution in [-0.2, 0) is 0 Å². The molecule has 18 heavy (non-hydrogen) atoms. The lowest BCUT2D eigenvalue weighted by molar-refractivity contribution is 0.218. The third-order valence-electron chi connectivity index (χ3n) is 5.93. The third kappa shape index (κ3) is 2.83. The lowest BCUT2D eigenvalue weighted by Gasteiger charge is -2.32. The summed E-state index contributed by atoms with van der Waals surface area (Å²) in [7, 11) is 0. The van der Waals surface area contributed by atoms with Crippen LogP contribution in [0.5, 0.6) is 0 Å². The Morgan fingerprint density at radius 1 is 0.778 bits per heavy atom. The molecule has 3 rings (SSSR count). The van der Waals surface area contributed by atoms with E-state index in [4.69, 9.17) is 0 Å². The molecule has 102 valence electrons. The molecular formula is C18H30. The minimum Gasteiger partial charge on any atom is -0.0851 e. The Hall–Kier alpha value is -0.260. The van der Waals surface area contributed by atoms with E-state index in [1.54, 1.807) is 0 Å². The number of fused-ring (bicyclic) bond motifs is 1. The topological polar surface area (TPSA) is 0 Å². The fourth-order valence-corrected chi connectivity index (χ4v) is 5.00. The first-order chi connectivity index (χ1) is 8.83. The SMILES string of the molecule is CC1CC2CCCC(/C=C\C3CCCCC3)C2C1. The van der Waals surface area contributed by atoms with Gasteiger partial charge in [-0.15, -0.1) is 0 Å². The number of allylic oxidation sites excluding steroid dienone is 2. The van der Waals surface area contributed by atoms with Gasteiger partial charge in [0.05, 0.1) is 0 Å². The lowest BCUT2D eigenvalue weighted by atomic mass is 9.73. The van der Waals surface area contributed by atoms with Gasteiger partial charge in [0.2, 0.25) is 0 Å². The highest BCUT2D eigenvalue weighted by molar-refractivity contribution is 5.01. The molecule has 0 N–H and O–H groups in total. The smallest absolute Gasteiger partial charge is 0.0202 e. The first-order valence-corrected chi connectivity index (χ1v) is 8.51. The van der Waals surface area contributed by atoms with Crippen LogP contribution in [0.15, 0.2) is 12.2 Å². The number of hydrogen-bond acceptors (Lipinski definition) is 0. The third-order valence-corrected chi connectivity index (χ3v) is 5.93. The zero-order chi connectivity index (χ0) is 12.4. The van der Waals surface area contributed by atoms with E-state index in [1.807, 2.05) is 0 Å². The van der Waals surface area contributed by atoms with Crippen molar-refractivity contribution in [3.05, 3.63) is 12.2 Å². The Balaban J connectivity index is 1.59. The second-order valence-electron chi connectivity index (χ2n) is 7.38. The second-order valence-corrected chi connectivity index (χ2v) is 7.38. The van der Waals surface area contributed by atoms with Crippen molar-refractivity contribution >= 4 is 0 Å². The fraction of sp³-hybridized carbons (Fsp3) is 0.889. The van der Waals surface area contributed by atoms with E-state index >= 15 is 0 Å². The maximum absolute atomic E-state index is 2.66. The predicted octanol–water partition coefficient (Wildman–Crippen LogP) is 5.59. The van der Waals surface area contributed by atoms with Crippen molar-refractivity contribution in [3.8, 4) is 0 Å². The van der Waals surface area contributed by atoms with Crippen molar-refractivity contribution in [2.75, 3.05) is 0 Å². The highest BCUT2D eigenvalue weighted by atomic mass is 14.4. The minimum atomic E-state index is 0.929. The Morgan fingerprint density at radius 2 is 1.61 bits per heavy atom. The molecule has 0 aromatic heterocycles. The summed E-state index contributed by atoms with van der Waals surface area (Å²) in [5.41, 5.74) is 0. The summed E-state index contributed by atoms with van der Waals surface area (Å²) in [4.78, 5) is 0. The van der Waals surface area contributed by atoms with Crippen LogP contribution in [0.25, 0.3) is 0 Å². The summed E-state index contributed by atoms with van der Waals surface area (Å²) in [6, 6.07) is 0. The maximum atomic E-state index is 2.66. The molecule has 3 fully saturated rings. The second kappa shape index (κ2) is 5.80. The number of hydrogen-bond donors (Lipinski definition) is 0. The highest BCUT2D eigenvalue weighted by Crippen LogP contribution is 2.48. The quantitative estimate of drug-likeness (QED) is 0.557. The summed E-state index contributed by atoms with van der Waals surface area (Å²) in [6.07, 6.45) is 20.2. The van der Waals surface area contributed by atoms with Crippen LogP contribution >= 0.6 is 0 Å². The molecule has 0 amide bonds. The van der Waals surface area contributed by atoms with Gasteiger partial charge < -0.3 is 0 Å². The summed E-state index contributed by atoms with van der Waals surface area (Å²) in [5.74, 6) is 5.00. The molecule has 0 bridgehead atoms. The van der Waals surface area contributed by atoms with Crippen molar-refractivity contribution in [1.82, 2.24) is 0 Å². The van der Waals surface area contributed by atoms with Gasteiger partial charge in [-0.3, -0.25) is 0 Å². The monoisotopic (exact) mass is 246 g/mol. The van der Waals surface area contributed by atoms with Crippen LogP contribution in [0.1, 0.15) is 71.1 Å². The van der Waals surface area contributed by atoms with Crippen LogP contribution < -0.4 is 0 Å². The summed E-state index contributed by atoms with van der Waals surface area (Å²) >= 11 is 0. The molecule has 0 heterocycles. The van der Waals surface area contributed by atoms with E-state index in [9.17, 15) is 0 Å². The van der Waals surface area contributed by atoms with E-state index < -0.39 is 0 Å². The molecule has 0 nitrogen and oxygen atoms in total. The van der Waals surface area contributed by atoms with Crippen molar-refractivity contribution in [2.45, 2.75) is 71.1 Å². The molecule has 0 heteroatoms. The molecule has 0 aliphatic heterocycles. The van der Waals surface area contributed by atoms with Crippen LogP contribution in [0.4, 0.5) is 0 Å². The molecule has 3 aliphatic carbocycles. The molecule has 0 spiro atoms. The molecule has 4 atom stereocenters. The van der Waals surface area contributed by atoms with Crippen LogP contribution in [-0.4, -0.2) is 0 Å². The molecule has 0 aromatic carbocycles. The van der Waals surface area contributed by atoms with E-state index in [1.165, 1.54) is 64.2 Å². The maximum Gasteiger partial charge on any atom is -0.0202 e. The molecule has 0 saturated heterocycles. The van der Waals surface area contributed by atoms with Crippen molar-refractivity contribution in [1.29, 1.82) is 0 Å². The Morgan fingerprint density at radius 3 is 2.44 bits per heavy atom. The molecule has 3 aliphatic rings. The van der Waals surface area contributed by atoms with E-state index in [0.717, 1.165) is 29.6 Å². The van der Waals surface area contributed by atoms with E-state index in [2.05, 4.69) is 19.1 Å². The Bertz CT molecular complexity index is 284. The van der Waals surface area contributed by atoms with Gasteiger partial charge in [0.25, 0.3) is 0 Å². The predicted molar refractivity (Wildman–Crippen MR) is 78.4 cm³/mol. The lowest BCUT2D eigenvalue weighted by Crippen LogP contribution is -2.22. The van der Waals surface area contributed by atoms with Gasteiger partial charge in [-0.2, -0.15) is 0 Å². The number of rotatable bonds is 2. The normalized spacial score (nSPS) is 42.3. The van der Waals surface area contributed by atoms with Gasteiger partial charge in [-0.25, -0.2) is 0 Å². The van der Waals surface area contributed by atoms with Gasteiger partial charge in [0, 0.05) is 0 Å². The van der Waals surface area contributed by atoms with Crippen molar-refractivity contribution in [2.24, 2.45) is 29.6 Å². The van der Waals surface area contributed by atoms with Crippen molar-refractivity contribution < 1.29 is 0 Å². The zero-order valence-corrected chi connectivity index (χ0v) is 12.1. The van der Waals surface area contributed by atoms with Crippen LogP contribution in [0.2, 0.25) is 0 Å². The van der Waals surface area contributed by atoms with E-state index in [0.29, 0.717) is 0 Å². The largest absolute Gasteiger partial charge is 0.0851 e. The first-order valence-electron chi connectivity index (χ1n) is 8.51. The Kier molecular flexibility index (Phi) is 4.11. The average molecular weight is 246 g/mol. The summed E-state index contributed by atoms with van der Waals surface area (Å²) in [5, 5.41) is 0. The minimum absolute atomic E-state index is 0.929. The first kappa shape index (κ1) is 12.8. The van der Waals surface area contributed by atoms with Gasteiger partial charge in [0.1, 0.15) is 0 Å². The van der Waals surface area contributed by atoms with Gasteiger partial charge in [-0.1, -0.05) is 51.2 Å². The molecule has 0 aromatic rings. The standard InChI is InChI=1S/C18H30/c1-14-12-17-9-5-8-16(18(17)13-14)11-10-15-6-3-2-4-7-15/h10-11,14-18H,2-9,12-13H2,1H3/b11-10-. The van der Waals surface area contributed by atoms with Crippen LogP contribution in [0.3, 0.4) is 0 Å². The van der Waals surface area contributed by atoms with Gasteiger partial charge >= 0.3 is 0 Å². The van der Waals surface area contributed by atoms with Crippen molar-refractivity contribution in [3.63, 3.8) is 0 Å². The molecule has 0 radical (unpaired) electrons. The Labute approximate surface area is 113 Å². The molecule has 4 unspecified atom stereocenters. The van der Waals surface area contributed by atoms with Crippen LogP contribution in [0, 0.1) is 29.6 Å². The highest BCUT2D eigenvalue weighted by Gasteiger charge is 2.38. The van der Waals surface area contributed by atoms with Gasteiger partial charge in [0.15, 0.2) is 0 Å². The molecular weight excluding hydrogens is 216 g/mol. The molecule has 3 saturated carbocycles.